The van der Waals surface area contributed by atoms with E-state index in [1.807, 2.05) is 0 Å². The zero-order chi connectivity index (χ0) is 32.7. The second-order valence-electron chi connectivity index (χ2n) is 12.6. The van der Waals surface area contributed by atoms with Gasteiger partial charge in [0.1, 0.15) is 17.6 Å². The molecule has 2 N–H and O–H groups in total. The number of rotatable bonds is 8. The highest BCUT2D eigenvalue weighted by Crippen LogP contribution is 2.34. The van der Waals surface area contributed by atoms with Crippen LogP contribution in [0, 0.1) is 11.7 Å². The molecule has 0 saturated carbocycles. The summed E-state index contributed by atoms with van der Waals surface area (Å²) in [6, 6.07) is 1.57. The molecule has 12 nitrogen and oxygen atoms in total. The molecule has 1 aromatic carbocycles. The third-order valence-corrected chi connectivity index (χ3v) is 10.4. The van der Waals surface area contributed by atoms with E-state index in [4.69, 9.17) is 4.42 Å². The molecule has 242 valence electrons. The number of anilines is 1. The molecule has 5 heterocycles. The summed E-state index contributed by atoms with van der Waals surface area (Å²) >= 11 is 2.93. The Morgan fingerprint density at radius 3 is 2.57 bits per heavy atom. The van der Waals surface area contributed by atoms with Crippen molar-refractivity contribution in [2.45, 2.75) is 74.4 Å². The maximum atomic E-state index is 15.1. The number of halogens is 1. The Morgan fingerprint density at radius 2 is 1.87 bits per heavy atom. The molecule has 1 atom stereocenters. The second kappa shape index (κ2) is 12.7. The number of fused-ring (bicyclic) bond motifs is 1. The number of imide groups is 2. The molecule has 0 spiro atoms. The van der Waals surface area contributed by atoms with Crippen LogP contribution in [0.25, 0.3) is 0 Å². The fraction of sp³-hybridized carbons (Fsp3) is 0.452. The number of piperidine rings is 2. The third-order valence-electron chi connectivity index (χ3n) is 8.26. The van der Waals surface area contributed by atoms with Crippen LogP contribution >= 0.6 is 23.1 Å². The largest absolute Gasteiger partial charge is 0.444 e. The number of nitrogens with one attached hydrogen (secondary N) is 2. The molecule has 2 aromatic heterocycles. The molecule has 46 heavy (non-hydrogen) atoms. The van der Waals surface area contributed by atoms with Crippen molar-refractivity contribution >= 4 is 57.8 Å². The number of oxazole rings is 1. The molecule has 0 radical (unpaired) electrons. The van der Waals surface area contributed by atoms with Crippen molar-refractivity contribution in [1.82, 2.24) is 25.1 Å². The summed E-state index contributed by atoms with van der Waals surface area (Å²) in [5.41, 5.74) is -0.0449. The van der Waals surface area contributed by atoms with Crippen molar-refractivity contribution in [3.05, 3.63) is 58.7 Å². The van der Waals surface area contributed by atoms with Gasteiger partial charge in [0.05, 0.1) is 33.5 Å². The predicted molar refractivity (Wildman–Crippen MR) is 167 cm³/mol. The quantitative estimate of drug-likeness (QED) is 0.265. The lowest BCUT2D eigenvalue weighted by Gasteiger charge is -2.31. The fourth-order valence-electron chi connectivity index (χ4n) is 5.75. The first-order chi connectivity index (χ1) is 21.9. The molecule has 2 saturated heterocycles. The third kappa shape index (κ3) is 6.62. The smallest absolute Gasteiger partial charge is 0.265 e. The predicted octanol–water partition coefficient (Wildman–Crippen LogP) is 4.11. The zero-order valence-electron chi connectivity index (χ0n) is 25.6. The van der Waals surface area contributed by atoms with Crippen molar-refractivity contribution in [2.75, 3.05) is 18.4 Å². The normalized spacial score (nSPS) is 19.5. The minimum atomic E-state index is -1.16. The van der Waals surface area contributed by atoms with E-state index in [0.29, 0.717) is 54.8 Å². The lowest BCUT2D eigenvalue weighted by atomic mass is 9.94. The Hall–Kier alpha value is -3.95. The number of hydrogen-bond acceptors (Lipinski definition) is 11. The van der Waals surface area contributed by atoms with Crippen molar-refractivity contribution in [3.8, 4) is 0 Å². The van der Waals surface area contributed by atoms with Crippen LogP contribution in [0.5, 0.6) is 0 Å². The van der Waals surface area contributed by atoms with Gasteiger partial charge in [0.25, 0.3) is 11.8 Å². The van der Waals surface area contributed by atoms with Crippen LogP contribution in [0.1, 0.15) is 84.4 Å². The first-order valence-electron chi connectivity index (χ1n) is 15.0. The number of amides is 5. The highest BCUT2D eigenvalue weighted by molar-refractivity contribution is 8.00. The van der Waals surface area contributed by atoms with Crippen molar-refractivity contribution in [3.63, 3.8) is 0 Å². The van der Waals surface area contributed by atoms with E-state index in [2.05, 4.69) is 46.3 Å². The van der Waals surface area contributed by atoms with Crippen molar-refractivity contribution < 1.29 is 32.8 Å². The molecule has 3 aliphatic rings. The summed E-state index contributed by atoms with van der Waals surface area (Å²) in [5, 5.41) is 5.59. The second-order valence-corrected chi connectivity index (χ2v) is 14.9. The van der Waals surface area contributed by atoms with Gasteiger partial charge in [-0.15, -0.1) is 11.8 Å². The van der Waals surface area contributed by atoms with Gasteiger partial charge in [-0.2, -0.15) is 0 Å². The molecular formula is C31H33FN6O6S2. The van der Waals surface area contributed by atoms with Gasteiger partial charge in [0.15, 0.2) is 5.13 Å². The number of carbonyl (C=O) groups excluding carboxylic acids is 5. The maximum absolute atomic E-state index is 15.1. The van der Waals surface area contributed by atoms with E-state index in [0.717, 1.165) is 14.9 Å². The van der Waals surface area contributed by atoms with Crippen molar-refractivity contribution in [2.24, 2.45) is 5.92 Å². The molecule has 3 aliphatic heterocycles. The van der Waals surface area contributed by atoms with E-state index >= 15 is 4.39 Å². The highest BCUT2D eigenvalue weighted by atomic mass is 32.2. The Balaban J connectivity index is 1.00. The Morgan fingerprint density at radius 1 is 1.11 bits per heavy atom. The summed E-state index contributed by atoms with van der Waals surface area (Å²) in [6.45, 7) is 7.69. The first-order valence-corrected chi connectivity index (χ1v) is 16.8. The molecule has 5 amide bonds. The molecule has 1 unspecified atom stereocenters. The van der Waals surface area contributed by atoms with Gasteiger partial charge >= 0.3 is 0 Å². The van der Waals surface area contributed by atoms with E-state index in [1.54, 1.807) is 24.2 Å². The van der Waals surface area contributed by atoms with Gasteiger partial charge < -0.3 is 9.73 Å². The van der Waals surface area contributed by atoms with Gasteiger partial charge in [0, 0.05) is 24.3 Å². The summed E-state index contributed by atoms with van der Waals surface area (Å²) in [4.78, 5) is 74.4. The van der Waals surface area contributed by atoms with Gasteiger partial charge in [-0.05, 0) is 50.0 Å². The Bertz CT molecular complexity index is 1720. The van der Waals surface area contributed by atoms with Crippen LogP contribution in [0.2, 0.25) is 0 Å². The van der Waals surface area contributed by atoms with Crippen molar-refractivity contribution in [1.29, 1.82) is 0 Å². The van der Waals surface area contributed by atoms with Crippen LogP contribution in [0.15, 0.2) is 33.2 Å². The van der Waals surface area contributed by atoms with Gasteiger partial charge in [-0.1, -0.05) is 32.1 Å². The highest BCUT2D eigenvalue weighted by Gasteiger charge is 2.46. The van der Waals surface area contributed by atoms with Crippen LogP contribution in [0.3, 0.4) is 0 Å². The topological polar surface area (TPSA) is 155 Å². The van der Waals surface area contributed by atoms with Crippen LogP contribution in [-0.4, -0.2) is 68.4 Å². The maximum Gasteiger partial charge on any atom is 0.265 e. The molecule has 2 fully saturated rings. The lowest BCUT2D eigenvalue weighted by Crippen LogP contribution is -2.54. The molecule has 0 aliphatic carbocycles. The molecule has 0 bridgehead atoms. The molecule has 15 heteroatoms. The minimum Gasteiger partial charge on any atom is -0.444 e. The van der Waals surface area contributed by atoms with E-state index in [-0.39, 0.29) is 41.2 Å². The number of nitrogens with zero attached hydrogens (tertiary/aromatic N) is 4. The van der Waals surface area contributed by atoms with Gasteiger partial charge in [-0.3, -0.25) is 39.1 Å². The summed E-state index contributed by atoms with van der Waals surface area (Å²) in [5.74, 6) is -1.97. The van der Waals surface area contributed by atoms with Gasteiger partial charge in [0.2, 0.25) is 23.6 Å². The molecule has 6 rings (SSSR count). The first kappa shape index (κ1) is 32.0. The fourth-order valence-corrected chi connectivity index (χ4v) is 7.48. The lowest BCUT2D eigenvalue weighted by molar-refractivity contribution is -0.136. The summed E-state index contributed by atoms with van der Waals surface area (Å²) in [7, 11) is 0. The minimum absolute atomic E-state index is 0.00213. The van der Waals surface area contributed by atoms with Crippen LogP contribution in [-0.2, 0) is 32.1 Å². The van der Waals surface area contributed by atoms with E-state index < -0.39 is 35.5 Å². The van der Waals surface area contributed by atoms with E-state index in [9.17, 15) is 24.0 Å². The standard InChI is InChI=1S/C31H33FN6O6S2/c1-31(2,3)21-12-33-23(44-21)15-45-24-13-34-30(46-24)36-26(40)17-6-8-37(9-7-17)14-16-10-18-25(19(32)11-16)29(43)38(28(18)42)20-4-5-22(39)35-27(20)41/h10-13,17,20H,4-9,14-15H2,1-3H3,(H,34,36,40)(H,35,39,41). The average Bonchev–Trinajstić information content (AvgIpc) is 3.72. The summed E-state index contributed by atoms with van der Waals surface area (Å²) < 4.78 is 21.9. The molecule has 3 aromatic rings. The Kier molecular flexibility index (Phi) is 8.83. The van der Waals surface area contributed by atoms with Gasteiger partial charge in [-0.25, -0.2) is 14.4 Å². The van der Waals surface area contributed by atoms with Crippen LogP contribution < -0.4 is 10.6 Å². The number of aromatic nitrogens is 2. The number of thioether (sulfide) groups is 1. The average molecular weight is 669 g/mol. The zero-order valence-corrected chi connectivity index (χ0v) is 27.2. The van der Waals surface area contributed by atoms with E-state index in [1.165, 1.54) is 23.5 Å². The number of thiazole rings is 1. The number of benzene rings is 1. The number of likely N-dealkylation sites (tertiary alicyclic amines) is 1. The monoisotopic (exact) mass is 668 g/mol. The number of carbonyl (C=O) groups is 5. The van der Waals surface area contributed by atoms with Crippen LogP contribution in [0.4, 0.5) is 9.52 Å². The SMILES string of the molecule is CC(C)(C)c1cnc(CSc2cnc(NC(=O)C3CCN(Cc4cc(F)c5c(c4)C(=O)N(C4CCC(=O)NC4=O)C5=O)CC3)s2)o1. The molecular weight excluding hydrogens is 636 g/mol. The Labute approximate surface area is 272 Å². The summed E-state index contributed by atoms with van der Waals surface area (Å²) in [6.07, 6.45) is 4.64. The number of hydrogen-bond donors (Lipinski definition) is 2.